The lowest BCUT2D eigenvalue weighted by Crippen LogP contribution is -2.15. The van der Waals surface area contributed by atoms with Crippen molar-refractivity contribution in [1.29, 1.82) is 0 Å². The number of rotatable bonds is 4. The number of aromatic nitrogens is 1. The summed E-state index contributed by atoms with van der Waals surface area (Å²) >= 11 is 0. The fraction of sp³-hybridized carbons (Fsp3) is 0.167. The van der Waals surface area contributed by atoms with Gasteiger partial charge in [0.2, 0.25) is 0 Å². The molecule has 2 aromatic carbocycles. The van der Waals surface area contributed by atoms with Gasteiger partial charge in [-0.2, -0.15) is 0 Å². The molecule has 3 nitrogen and oxygen atoms in total. The van der Waals surface area contributed by atoms with Crippen molar-refractivity contribution in [3.63, 3.8) is 0 Å². The predicted molar refractivity (Wildman–Crippen MR) is 117 cm³/mol. The molecule has 4 rings (SSSR count). The fourth-order valence-electron chi connectivity index (χ4n) is 3.79. The fourth-order valence-corrected chi connectivity index (χ4v) is 5.31. The zero-order valence-electron chi connectivity index (χ0n) is 15.9. The third kappa shape index (κ3) is 3.04. The predicted octanol–water partition coefficient (Wildman–Crippen LogP) is 5.95. The van der Waals surface area contributed by atoms with Crippen LogP contribution in [0.4, 0.5) is 0 Å². The molecule has 28 heavy (non-hydrogen) atoms. The molecule has 0 aliphatic heterocycles. The van der Waals surface area contributed by atoms with Gasteiger partial charge in [-0.15, -0.1) is 6.58 Å². The average molecular weight is 390 g/mol. The highest BCUT2D eigenvalue weighted by molar-refractivity contribution is 7.90. The first-order chi connectivity index (χ1) is 13.5. The Morgan fingerprint density at radius 1 is 1.07 bits per heavy atom. The van der Waals surface area contributed by atoms with E-state index in [1.807, 2.05) is 55.5 Å². The molecule has 0 fully saturated rings. The Hall–Kier alpha value is -2.85. The van der Waals surface area contributed by atoms with Crippen LogP contribution in [-0.2, 0) is 10.0 Å². The van der Waals surface area contributed by atoms with E-state index in [1.54, 1.807) is 12.1 Å². The van der Waals surface area contributed by atoms with Crippen molar-refractivity contribution < 1.29 is 8.42 Å². The first-order valence-corrected chi connectivity index (χ1v) is 10.9. The van der Waals surface area contributed by atoms with Crippen LogP contribution < -0.4 is 0 Å². The third-order valence-corrected chi connectivity index (χ3v) is 6.85. The molecule has 0 spiro atoms. The van der Waals surface area contributed by atoms with Crippen molar-refractivity contribution in [3.8, 4) is 0 Å². The van der Waals surface area contributed by atoms with Crippen molar-refractivity contribution >= 4 is 32.6 Å². The zero-order chi connectivity index (χ0) is 19.7. The lowest BCUT2D eigenvalue weighted by atomic mass is 9.96. The summed E-state index contributed by atoms with van der Waals surface area (Å²) in [6.45, 7) is 5.84. The Morgan fingerprint density at radius 3 is 2.57 bits per heavy atom. The van der Waals surface area contributed by atoms with E-state index in [-0.39, 0.29) is 0 Å². The van der Waals surface area contributed by atoms with Crippen LogP contribution in [0.25, 0.3) is 22.6 Å². The smallest absolute Gasteiger partial charge is 0.233 e. The van der Waals surface area contributed by atoms with Crippen LogP contribution >= 0.6 is 0 Å². The Balaban J connectivity index is 2.09. The number of fused-ring (bicyclic) bond motifs is 3. The summed E-state index contributed by atoms with van der Waals surface area (Å²) in [5.41, 5.74) is 4.57. The number of allylic oxidation sites excluding steroid dienone is 4. The summed E-state index contributed by atoms with van der Waals surface area (Å²) in [7, 11) is -3.73. The van der Waals surface area contributed by atoms with Crippen LogP contribution in [0, 0.1) is 6.92 Å². The average Bonchev–Trinajstić information content (AvgIpc) is 2.99. The molecule has 0 saturated carbocycles. The molecule has 1 aliphatic carbocycles. The molecule has 0 bridgehead atoms. The second kappa shape index (κ2) is 7.28. The van der Waals surface area contributed by atoms with Crippen molar-refractivity contribution in [1.82, 2.24) is 3.97 Å². The Bertz CT molecular complexity index is 1210. The molecule has 0 radical (unpaired) electrons. The molecular formula is C24H23NO2S. The van der Waals surface area contributed by atoms with Gasteiger partial charge in [-0.3, -0.25) is 0 Å². The second-order valence-electron chi connectivity index (χ2n) is 7.06. The molecule has 0 amide bonds. The highest BCUT2D eigenvalue weighted by Crippen LogP contribution is 2.38. The summed E-state index contributed by atoms with van der Waals surface area (Å²) in [6.07, 6.45) is 10.6. The number of nitrogens with zero attached hydrogens (tertiary/aromatic N) is 1. The van der Waals surface area contributed by atoms with Gasteiger partial charge in [0.1, 0.15) is 0 Å². The van der Waals surface area contributed by atoms with Crippen LogP contribution in [0.2, 0.25) is 0 Å². The van der Waals surface area contributed by atoms with E-state index in [2.05, 4.69) is 18.7 Å². The maximum Gasteiger partial charge on any atom is 0.268 e. The number of aryl methyl sites for hydroxylation is 1. The minimum absolute atomic E-state index is 0.298. The molecule has 142 valence electrons. The van der Waals surface area contributed by atoms with Crippen LogP contribution in [-0.4, -0.2) is 12.4 Å². The van der Waals surface area contributed by atoms with Crippen LogP contribution in [0.1, 0.15) is 36.1 Å². The van der Waals surface area contributed by atoms with Gasteiger partial charge < -0.3 is 0 Å². The zero-order valence-corrected chi connectivity index (χ0v) is 16.7. The maximum absolute atomic E-state index is 13.6. The molecule has 3 aromatic rings. The van der Waals surface area contributed by atoms with E-state index in [0.717, 1.165) is 40.6 Å². The largest absolute Gasteiger partial charge is 0.268 e. The summed E-state index contributed by atoms with van der Waals surface area (Å²) in [5.74, 6) is 0. The minimum Gasteiger partial charge on any atom is -0.233 e. The number of hydrogen-bond acceptors (Lipinski definition) is 2. The molecule has 0 saturated heterocycles. The second-order valence-corrected chi connectivity index (χ2v) is 8.85. The molecule has 4 heteroatoms. The number of hydrogen-bond donors (Lipinski definition) is 0. The maximum atomic E-state index is 13.6. The summed E-state index contributed by atoms with van der Waals surface area (Å²) in [6, 6.07) is 14.8. The van der Waals surface area contributed by atoms with Gasteiger partial charge in [0.05, 0.1) is 16.1 Å². The van der Waals surface area contributed by atoms with Gasteiger partial charge in [0.25, 0.3) is 10.0 Å². The Morgan fingerprint density at radius 2 is 1.82 bits per heavy atom. The summed E-state index contributed by atoms with van der Waals surface area (Å²) in [5, 5.41) is 0.952. The highest BCUT2D eigenvalue weighted by atomic mass is 32.2. The van der Waals surface area contributed by atoms with E-state index < -0.39 is 10.0 Å². The van der Waals surface area contributed by atoms with Crippen molar-refractivity contribution in [2.24, 2.45) is 0 Å². The van der Waals surface area contributed by atoms with Gasteiger partial charge in [-0.05, 0) is 56.0 Å². The number of para-hydroxylation sites is 1. The van der Waals surface area contributed by atoms with E-state index in [9.17, 15) is 8.42 Å². The lowest BCUT2D eigenvalue weighted by Gasteiger charge is -2.13. The van der Waals surface area contributed by atoms with Crippen LogP contribution in [0.5, 0.6) is 0 Å². The normalized spacial score (nSPS) is 17.2. The minimum atomic E-state index is -3.73. The van der Waals surface area contributed by atoms with E-state index >= 15 is 0 Å². The first-order valence-electron chi connectivity index (χ1n) is 9.46. The van der Waals surface area contributed by atoms with Crippen LogP contribution in [0.15, 0.2) is 78.2 Å². The summed E-state index contributed by atoms with van der Waals surface area (Å²) in [4.78, 5) is 0.298. The first kappa shape index (κ1) is 18.5. The Labute approximate surface area is 166 Å². The van der Waals surface area contributed by atoms with Gasteiger partial charge in [-0.25, -0.2) is 12.4 Å². The van der Waals surface area contributed by atoms with Crippen LogP contribution in [0.3, 0.4) is 0 Å². The molecule has 0 unspecified atom stereocenters. The number of benzene rings is 2. The molecule has 0 atom stereocenters. The van der Waals surface area contributed by atoms with E-state index in [1.165, 1.54) is 3.97 Å². The highest BCUT2D eigenvalue weighted by Gasteiger charge is 2.27. The molecule has 1 aliphatic rings. The molecule has 0 N–H and O–H groups in total. The molecular weight excluding hydrogens is 366 g/mol. The summed E-state index contributed by atoms with van der Waals surface area (Å²) < 4.78 is 28.8. The molecule has 1 aromatic heterocycles. The van der Waals surface area contributed by atoms with Crippen molar-refractivity contribution in [2.45, 2.75) is 31.1 Å². The van der Waals surface area contributed by atoms with Gasteiger partial charge in [0.15, 0.2) is 0 Å². The van der Waals surface area contributed by atoms with E-state index in [4.69, 9.17) is 0 Å². The monoisotopic (exact) mass is 389 g/mol. The molecule has 1 heterocycles. The van der Waals surface area contributed by atoms with Crippen molar-refractivity contribution in [2.75, 3.05) is 0 Å². The van der Waals surface area contributed by atoms with Gasteiger partial charge in [0, 0.05) is 10.9 Å². The SMILES string of the molecule is C=CC/C1=C/CC/C=C\c2c1c1ccccc1n2S(=O)(=O)c1ccc(C)cc1. The van der Waals surface area contributed by atoms with Gasteiger partial charge >= 0.3 is 0 Å². The third-order valence-electron chi connectivity index (χ3n) is 5.11. The standard InChI is InChI=1S/C24H23NO2S/c1-3-9-19-10-5-4-6-13-23-24(19)21-11-7-8-12-22(21)25(23)28(26,27)20-16-14-18(2)15-17-20/h3,6-8,10-17H,1,4-5,9H2,2H3/b13-6-,19-10-. The lowest BCUT2D eigenvalue weighted by molar-refractivity contribution is 0.588. The van der Waals surface area contributed by atoms with Crippen molar-refractivity contribution in [3.05, 3.63) is 90.2 Å². The van der Waals surface area contributed by atoms with Gasteiger partial charge in [-0.1, -0.05) is 54.1 Å². The van der Waals surface area contributed by atoms with E-state index in [0.29, 0.717) is 16.8 Å². The quantitative estimate of drug-likeness (QED) is 0.517. The topological polar surface area (TPSA) is 39.1 Å². The Kier molecular flexibility index (Phi) is 4.82.